The largest absolute Gasteiger partial charge is 0.481 e. The maximum absolute atomic E-state index is 13.5. The minimum atomic E-state index is -1.10. The van der Waals surface area contributed by atoms with Crippen molar-refractivity contribution >= 4 is 32.8 Å². The van der Waals surface area contributed by atoms with Crippen LogP contribution in [0.1, 0.15) is 11.1 Å². The van der Waals surface area contributed by atoms with Crippen molar-refractivity contribution in [2.45, 2.75) is 13.0 Å². The van der Waals surface area contributed by atoms with Crippen LogP contribution < -0.4 is 5.43 Å². The van der Waals surface area contributed by atoms with E-state index in [4.69, 9.17) is 5.11 Å². The van der Waals surface area contributed by atoms with Crippen LogP contribution in [0.3, 0.4) is 0 Å². The molecule has 0 aliphatic heterocycles. The molecule has 0 radical (unpaired) electrons. The zero-order valence-corrected chi connectivity index (χ0v) is 14.1. The highest BCUT2D eigenvalue weighted by Gasteiger charge is 2.13. The molecule has 24 heavy (non-hydrogen) atoms. The number of hydrogen-bond acceptors (Lipinski definition) is 2. The molecular weight excluding hydrogens is 377 g/mol. The Balaban J connectivity index is 2.17. The minimum absolute atomic E-state index is 0.137. The van der Waals surface area contributed by atoms with Crippen LogP contribution in [-0.2, 0) is 17.8 Å². The number of benzene rings is 2. The van der Waals surface area contributed by atoms with Crippen LogP contribution in [0.4, 0.5) is 4.39 Å². The average molecular weight is 390 g/mol. The topological polar surface area (TPSA) is 59.3 Å². The summed E-state index contributed by atoms with van der Waals surface area (Å²) in [5.41, 5.74) is 1.24. The van der Waals surface area contributed by atoms with E-state index in [1.54, 1.807) is 10.8 Å². The summed E-state index contributed by atoms with van der Waals surface area (Å²) in [6.45, 7) is 0.447. The molecule has 1 heterocycles. The highest BCUT2D eigenvalue weighted by atomic mass is 79.9. The highest BCUT2D eigenvalue weighted by molar-refractivity contribution is 9.10. The summed E-state index contributed by atoms with van der Waals surface area (Å²) in [4.78, 5) is 23.4. The Morgan fingerprint density at radius 2 is 1.88 bits per heavy atom. The third-order valence-corrected chi connectivity index (χ3v) is 4.25. The molecule has 0 aliphatic carbocycles. The van der Waals surface area contributed by atoms with E-state index in [0.29, 0.717) is 12.1 Å². The van der Waals surface area contributed by atoms with Gasteiger partial charge in [0.15, 0.2) is 5.43 Å². The molecule has 1 aromatic heterocycles. The number of pyridine rings is 1. The van der Waals surface area contributed by atoms with Gasteiger partial charge in [0.1, 0.15) is 5.82 Å². The van der Waals surface area contributed by atoms with E-state index in [1.807, 2.05) is 24.3 Å². The monoisotopic (exact) mass is 389 g/mol. The van der Waals surface area contributed by atoms with Crippen molar-refractivity contribution in [1.29, 1.82) is 0 Å². The molecule has 3 rings (SSSR count). The number of aromatic nitrogens is 1. The Morgan fingerprint density at radius 1 is 1.17 bits per heavy atom. The van der Waals surface area contributed by atoms with E-state index >= 15 is 0 Å². The molecule has 0 saturated heterocycles. The molecule has 1 N–H and O–H groups in total. The summed E-state index contributed by atoms with van der Waals surface area (Å²) in [5, 5.41) is 9.19. The number of carbonyl (C=O) groups is 1. The van der Waals surface area contributed by atoms with Gasteiger partial charge in [-0.1, -0.05) is 28.1 Å². The van der Waals surface area contributed by atoms with Crippen molar-refractivity contribution in [2.75, 3.05) is 0 Å². The molecule has 0 amide bonds. The second-order valence-corrected chi connectivity index (χ2v) is 6.39. The lowest BCUT2D eigenvalue weighted by molar-refractivity contribution is -0.136. The van der Waals surface area contributed by atoms with E-state index in [0.717, 1.165) is 16.1 Å². The zero-order chi connectivity index (χ0) is 17.3. The van der Waals surface area contributed by atoms with Crippen molar-refractivity contribution in [3.8, 4) is 0 Å². The standard InChI is InChI=1S/C18H13BrFNO3/c19-13-3-1-11(2-4-13)9-21-10-12(7-17(22)23)18(24)15-8-14(20)5-6-16(15)21/h1-6,8,10H,7,9H2,(H,22,23). The van der Waals surface area contributed by atoms with E-state index in [-0.39, 0.29) is 10.9 Å². The Morgan fingerprint density at radius 3 is 2.54 bits per heavy atom. The van der Waals surface area contributed by atoms with Crippen LogP contribution in [0.25, 0.3) is 10.9 Å². The summed E-state index contributed by atoms with van der Waals surface area (Å²) < 4.78 is 16.3. The fourth-order valence-corrected chi connectivity index (χ4v) is 2.90. The number of fused-ring (bicyclic) bond motifs is 1. The van der Waals surface area contributed by atoms with Crippen molar-refractivity contribution in [3.05, 3.63) is 80.3 Å². The maximum Gasteiger partial charge on any atom is 0.308 e. The number of aliphatic carboxylic acids is 1. The fourth-order valence-electron chi connectivity index (χ4n) is 2.64. The first-order valence-electron chi connectivity index (χ1n) is 7.22. The van der Waals surface area contributed by atoms with Gasteiger partial charge in [0.05, 0.1) is 11.9 Å². The Bertz CT molecular complexity index is 980. The molecular formula is C18H13BrFNO3. The van der Waals surface area contributed by atoms with Crippen molar-refractivity contribution in [3.63, 3.8) is 0 Å². The van der Waals surface area contributed by atoms with Gasteiger partial charge in [-0.15, -0.1) is 0 Å². The predicted octanol–water partition coefficient (Wildman–Crippen LogP) is 3.58. The van der Waals surface area contributed by atoms with Crippen LogP contribution >= 0.6 is 15.9 Å². The molecule has 0 spiro atoms. The number of nitrogens with zero attached hydrogens (tertiary/aromatic N) is 1. The van der Waals surface area contributed by atoms with Gasteiger partial charge in [-0.2, -0.15) is 0 Å². The number of carboxylic acids is 1. The van der Waals surface area contributed by atoms with Crippen LogP contribution in [0.15, 0.2) is 57.9 Å². The Hall–Kier alpha value is -2.47. The third-order valence-electron chi connectivity index (χ3n) is 3.72. The van der Waals surface area contributed by atoms with Gasteiger partial charge in [-0.05, 0) is 35.9 Å². The van der Waals surface area contributed by atoms with Gasteiger partial charge in [-0.25, -0.2) is 4.39 Å². The highest BCUT2D eigenvalue weighted by Crippen LogP contribution is 2.17. The third kappa shape index (κ3) is 3.38. The SMILES string of the molecule is O=C(O)Cc1cn(Cc2ccc(Br)cc2)c2ccc(F)cc2c1=O. The van der Waals surface area contributed by atoms with Gasteiger partial charge < -0.3 is 9.67 Å². The first-order valence-corrected chi connectivity index (χ1v) is 8.01. The van der Waals surface area contributed by atoms with Crippen LogP contribution in [0, 0.1) is 5.82 Å². The summed E-state index contributed by atoms with van der Waals surface area (Å²) in [5.74, 6) is -1.62. The molecule has 0 fully saturated rings. The smallest absolute Gasteiger partial charge is 0.308 e. The van der Waals surface area contributed by atoms with Crippen molar-refractivity contribution in [2.24, 2.45) is 0 Å². The fraction of sp³-hybridized carbons (Fsp3) is 0.111. The maximum atomic E-state index is 13.5. The molecule has 122 valence electrons. The first-order chi connectivity index (χ1) is 11.4. The number of hydrogen-bond donors (Lipinski definition) is 1. The zero-order valence-electron chi connectivity index (χ0n) is 12.5. The molecule has 0 saturated carbocycles. The lowest BCUT2D eigenvalue weighted by Gasteiger charge is -2.13. The quantitative estimate of drug-likeness (QED) is 0.741. The molecule has 6 heteroatoms. The van der Waals surface area contributed by atoms with Crippen molar-refractivity contribution in [1.82, 2.24) is 4.57 Å². The Labute approximate surface area is 145 Å². The lowest BCUT2D eigenvalue weighted by atomic mass is 10.1. The van der Waals surface area contributed by atoms with Crippen LogP contribution in [-0.4, -0.2) is 15.6 Å². The predicted molar refractivity (Wildman–Crippen MR) is 92.7 cm³/mol. The minimum Gasteiger partial charge on any atom is -0.481 e. The summed E-state index contributed by atoms with van der Waals surface area (Å²) in [7, 11) is 0. The van der Waals surface area contributed by atoms with Gasteiger partial charge in [-0.3, -0.25) is 9.59 Å². The number of rotatable bonds is 4. The molecule has 2 aromatic carbocycles. The molecule has 3 aromatic rings. The normalized spacial score (nSPS) is 10.9. The van der Waals surface area contributed by atoms with Crippen LogP contribution in [0.2, 0.25) is 0 Å². The second-order valence-electron chi connectivity index (χ2n) is 5.47. The van der Waals surface area contributed by atoms with Gasteiger partial charge in [0, 0.05) is 28.2 Å². The lowest BCUT2D eigenvalue weighted by Crippen LogP contribution is -2.18. The first kappa shape index (κ1) is 16.4. The van der Waals surface area contributed by atoms with Gasteiger partial charge >= 0.3 is 5.97 Å². The summed E-state index contributed by atoms with van der Waals surface area (Å²) in [6.07, 6.45) is 1.14. The van der Waals surface area contributed by atoms with Crippen molar-refractivity contribution < 1.29 is 14.3 Å². The van der Waals surface area contributed by atoms with Gasteiger partial charge in [0.2, 0.25) is 0 Å². The summed E-state index contributed by atoms with van der Waals surface area (Å²) >= 11 is 3.37. The second kappa shape index (κ2) is 6.57. The van der Waals surface area contributed by atoms with E-state index in [9.17, 15) is 14.0 Å². The van der Waals surface area contributed by atoms with E-state index < -0.39 is 23.6 Å². The molecule has 0 atom stereocenters. The number of halogens is 2. The van der Waals surface area contributed by atoms with E-state index in [2.05, 4.69) is 15.9 Å². The van der Waals surface area contributed by atoms with Gasteiger partial charge in [0.25, 0.3) is 0 Å². The average Bonchev–Trinajstić information content (AvgIpc) is 2.53. The molecule has 0 bridgehead atoms. The van der Waals surface area contributed by atoms with E-state index in [1.165, 1.54) is 12.1 Å². The molecule has 0 unspecified atom stereocenters. The molecule has 0 aliphatic rings. The Kier molecular flexibility index (Phi) is 4.49. The van der Waals surface area contributed by atoms with Crippen LogP contribution in [0.5, 0.6) is 0 Å². The number of carboxylic acid groups (broad SMARTS) is 1. The molecule has 4 nitrogen and oxygen atoms in total. The summed E-state index contributed by atoms with van der Waals surface area (Å²) in [6, 6.07) is 11.6.